The van der Waals surface area contributed by atoms with E-state index >= 15 is 0 Å². The second-order valence-corrected chi connectivity index (χ2v) is 4.60. The number of hydrogen-bond donors (Lipinski definition) is 1. The molecular weight excluding hydrogens is 225 g/mol. The van der Waals surface area contributed by atoms with E-state index in [1.807, 2.05) is 19.2 Å². The normalized spacial score (nSPS) is 12.4. The Labute approximate surface area is 108 Å². The lowest BCUT2D eigenvalue weighted by molar-refractivity contribution is 0.619. The summed E-state index contributed by atoms with van der Waals surface area (Å²) in [5, 5.41) is 3.21. The molecule has 2 aromatic carbocycles. The standard InChI is InChI=1S/C16H18FN/c1-11-10-15(8-9-16(11)17)14-6-4-13(5-7-14)12(2)18-3/h4-10,12,18H,1-3H3. The van der Waals surface area contributed by atoms with Gasteiger partial charge in [0.05, 0.1) is 0 Å². The van der Waals surface area contributed by atoms with Crippen LogP contribution in [0.3, 0.4) is 0 Å². The van der Waals surface area contributed by atoms with Crippen LogP contribution in [0.2, 0.25) is 0 Å². The molecule has 1 N–H and O–H groups in total. The van der Waals surface area contributed by atoms with Crippen molar-refractivity contribution < 1.29 is 4.39 Å². The summed E-state index contributed by atoms with van der Waals surface area (Å²) < 4.78 is 13.2. The zero-order valence-corrected chi connectivity index (χ0v) is 11.0. The van der Waals surface area contributed by atoms with Crippen molar-refractivity contribution in [3.63, 3.8) is 0 Å². The van der Waals surface area contributed by atoms with Gasteiger partial charge in [-0.05, 0) is 55.3 Å². The van der Waals surface area contributed by atoms with Gasteiger partial charge in [-0.3, -0.25) is 0 Å². The average molecular weight is 243 g/mol. The monoisotopic (exact) mass is 243 g/mol. The van der Waals surface area contributed by atoms with Gasteiger partial charge in [0.25, 0.3) is 0 Å². The van der Waals surface area contributed by atoms with Crippen molar-refractivity contribution in [1.82, 2.24) is 5.32 Å². The second kappa shape index (κ2) is 5.32. The van der Waals surface area contributed by atoms with E-state index in [-0.39, 0.29) is 5.82 Å². The van der Waals surface area contributed by atoms with E-state index in [0.717, 1.165) is 11.1 Å². The number of benzene rings is 2. The molecule has 1 unspecified atom stereocenters. The third-order valence-corrected chi connectivity index (χ3v) is 3.33. The molecule has 0 aromatic heterocycles. The minimum Gasteiger partial charge on any atom is -0.313 e. The molecule has 0 fully saturated rings. The van der Waals surface area contributed by atoms with E-state index in [9.17, 15) is 4.39 Å². The van der Waals surface area contributed by atoms with Gasteiger partial charge in [-0.25, -0.2) is 4.39 Å². The molecule has 0 aliphatic carbocycles. The molecule has 0 aliphatic rings. The van der Waals surface area contributed by atoms with Crippen LogP contribution in [-0.4, -0.2) is 7.05 Å². The van der Waals surface area contributed by atoms with Crippen LogP contribution < -0.4 is 5.32 Å². The molecule has 2 rings (SSSR count). The Hall–Kier alpha value is -1.67. The highest BCUT2D eigenvalue weighted by atomic mass is 19.1. The first-order valence-corrected chi connectivity index (χ1v) is 6.15. The first-order valence-electron chi connectivity index (χ1n) is 6.15. The Morgan fingerprint density at radius 3 is 2.17 bits per heavy atom. The summed E-state index contributed by atoms with van der Waals surface area (Å²) in [5.74, 6) is -0.154. The summed E-state index contributed by atoms with van der Waals surface area (Å²) in [5.41, 5.74) is 4.10. The van der Waals surface area contributed by atoms with Crippen LogP contribution in [0.4, 0.5) is 4.39 Å². The minimum absolute atomic E-state index is 0.154. The fraction of sp³-hybridized carbons (Fsp3) is 0.250. The second-order valence-electron chi connectivity index (χ2n) is 4.60. The van der Waals surface area contributed by atoms with Crippen molar-refractivity contribution >= 4 is 0 Å². The van der Waals surface area contributed by atoms with Gasteiger partial charge in [0.2, 0.25) is 0 Å². The van der Waals surface area contributed by atoms with Crippen molar-refractivity contribution in [1.29, 1.82) is 0 Å². The number of rotatable bonds is 3. The molecule has 1 atom stereocenters. The molecule has 94 valence electrons. The number of hydrogen-bond acceptors (Lipinski definition) is 1. The highest BCUT2D eigenvalue weighted by Gasteiger charge is 2.04. The Balaban J connectivity index is 2.31. The zero-order valence-electron chi connectivity index (χ0n) is 11.0. The van der Waals surface area contributed by atoms with Crippen LogP contribution in [-0.2, 0) is 0 Å². The molecule has 0 heterocycles. The van der Waals surface area contributed by atoms with Gasteiger partial charge in [-0.2, -0.15) is 0 Å². The van der Waals surface area contributed by atoms with Crippen LogP contribution in [0, 0.1) is 12.7 Å². The van der Waals surface area contributed by atoms with Crippen molar-refractivity contribution in [2.45, 2.75) is 19.9 Å². The van der Waals surface area contributed by atoms with Gasteiger partial charge in [-0.15, -0.1) is 0 Å². The summed E-state index contributed by atoms with van der Waals surface area (Å²) in [6.07, 6.45) is 0. The van der Waals surface area contributed by atoms with Gasteiger partial charge in [-0.1, -0.05) is 30.3 Å². The van der Waals surface area contributed by atoms with E-state index < -0.39 is 0 Å². The lowest BCUT2D eigenvalue weighted by Gasteiger charge is -2.11. The Morgan fingerprint density at radius 1 is 1.00 bits per heavy atom. The Bertz CT molecular complexity index is 531. The van der Waals surface area contributed by atoms with E-state index in [1.165, 1.54) is 11.6 Å². The number of halogens is 1. The molecule has 2 heteroatoms. The lowest BCUT2D eigenvalue weighted by atomic mass is 10.00. The molecule has 2 aromatic rings. The predicted octanol–water partition coefficient (Wildman–Crippen LogP) is 4.08. The first-order chi connectivity index (χ1) is 8.61. The van der Waals surface area contributed by atoms with E-state index in [0.29, 0.717) is 11.6 Å². The zero-order chi connectivity index (χ0) is 13.1. The summed E-state index contributed by atoms with van der Waals surface area (Å²) in [6.45, 7) is 3.91. The van der Waals surface area contributed by atoms with E-state index in [2.05, 4.69) is 36.5 Å². The summed E-state index contributed by atoms with van der Waals surface area (Å²) >= 11 is 0. The molecule has 0 bridgehead atoms. The third-order valence-electron chi connectivity index (χ3n) is 3.33. The summed E-state index contributed by atoms with van der Waals surface area (Å²) in [4.78, 5) is 0. The minimum atomic E-state index is -0.154. The van der Waals surface area contributed by atoms with Gasteiger partial charge in [0.15, 0.2) is 0 Å². The van der Waals surface area contributed by atoms with Gasteiger partial charge in [0, 0.05) is 6.04 Å². The topological polar surface area (TPSA) is 12.0 Å². The van der Waals surface area contributed by atoms with Crippen LogP contribution in [0.25, 0.3) is 11.1 Å². The maximum Gasteiger partial charge on any atom is 0.126 e. The Morgan fingerprint density at radius 2 is 1.61 bits per heavy atom. The van der Waals surface area contributed by atoms with Crippen molar-refractivity contribution in [3.05, 3.63) is 59.4 Å². The Kier molecular flexibility index (Phi) is 3.78. The summed E-state index contributed by atoms with van der Waals surface area (Å²) in [6, 6.07) is 13.9. The average Bonchev–Trinajstić information content (AvgIpc) is 2.41. The van der Waals surface area contributed by atoms with Crippen LogP contribution in [0.5, 0.6) is 0 Å². The molecule has 0 radical (unpaired) electrons. The molecule has 18 heavy (non-hydrogen) atoms. The van der Waals surface area contributed by atoms with Gasteiger partial charge >= 0.3 is 0 Å². The number of aryl methyl sites for hydroxylation is 1. The molecular formula is C16H18FN. The number of nitrogens with one attached hydrogen (secondary N) is 1. The quantitative estimate of drug-likeness (QED) is 0.856. The first kappa shape index (κ1) is 12.8. The van der Waals surface area contributed by atoms with Crippen LogP contribution in [0.1, 0.15) is 24.1 Å². The van der Waals surface area contributed by atoms with Crippen LogP contribution in [0.15, 0.2) is 42.5 Å². The molecule has 0 amide bonds. The lowest BCUT2D eigenvalue weighted by Crippen LogP contribution is -2.11. The summed E-state index contributed by atoms with van der Waals surface area (Å²) in [7, 11) is 1.95. The van der Waals surface area contributed by atoms with Crippen LogP contribution >= 0.6 is 0 Å². The fourth-order valence-electron chi connectivity index (χ4n) is 1.96. The third kappa shape index (κ3) is 2.59. The smallest absolute Gasteiger partial charge is 0.126 e. The molecule has 1 nitrogen and oxygen atoms in total. The van der Waals surface area contributed by atoms with E-state index in [4.69, 9.17) is 0 Å². The molecule has 0 spiro atoms. The van der Waals surface area contributed by atoms with Crippen molar-refractivity contribution in [2.24, 2.45) is 0 Å². The van der Waals surface area contributed by atoms with Gasteiger partial charge in [0.1, 0.15) is 5.82 Å². The van der Waals surface area contributed by atoms with Gasteiger partial charge < -0.3 is 5.32 Å². The predicted molar refractivity (Wildman–Crippen MR) is 74.0 cm³/mol. The fourth-order valence-corrected chi connectivity index (χ4v) is 1.96. The maximum absolute atomic E-state index is 13.2. The SMILES string of the molecule is CNC(C)c1ccc(-c2ccc(F)c(C)c2)cc1. The van der Waals surface area contributed by atoms with Crippen molar-refractivity contribution in [3.8, 4) is 11.1 Å². The largest absolute Gasteiger partial charge is 0.313 e. The molecule has 0 aliphatic heterocycles. The maximum atomic E-state index is 13.2. The highest BCUT2D eigenvalue weighted by molar-refractivity contribution is 5.64. The molecule has 0 saturated carbocycles. The van der Waals surface area contributed by atoms with Crippen molar-refractivity contribution in [2.75, 3.05) is 7.05 Å². The van der Waals surface area contributed by atoms with E-state index in [1.54, 1.807) is 6.92 Å². The molecule has 0 saturated heterocycles. The highest BCUT2D eigenvalue weighted by Crippen LogP contribution is 2.23.